The molecule has 0 aliphatic heterocycles. The molecule has 3 heteroatoms. The van der Waals surface area contributed by atoms with Crippen LogP contribution >= 0.6 is 0 Å². The first-order valence-corrected chi connectivity index (χ1v) is 6.21. The molecule has 17 heavy (non-hydrogen) atoms. The van der Waals surface area contributed by atoms with E-state index in [2.05, 4.69) is 17.4 Å². The van der Waals surface area contributed by atoms with Crippen LogP contribution in [-0.4, -0.2) is 30.9 Å². The van der Waals surface area contributed by atoms with Gasteiger partial charge in [-0.15, -0.1) is 0 Å². The molecule has 0 heterocycles. The fraction of sp³-hybridized carbons (Fsp3) is 0.500. The number of nitrogens with zero attached hydrogens (tertiary/aromatic N) is 1. The summed E-state index contributed by atoms with van der Waals surface area (Å²) >= 11 is 0. The molecular formula is C14H20N2O. The van der Waals surface area contributed by atoms with Crippen molar-refractivity contribution in [3.63, 3.8) is 0 Å². The van der Waals surface area contributed by atoms with Crippen LogP contribution in [0.4, 0.5) is 5.69 Å². The Kier molecular flexibility index (Phi) is 3.67. The first-order valence-electron chi connectivity index (χ1n) is 6.21. The molecule has 0 radical (unpaired) electrons. The first-order chi connectivity index (χ1) is 8.15. The smallest absolute Gasteiger partial charge is 0.226 e. The van der Waals surface area contributed by atoms with E-state index in [1.807, 2.05) is 12.1 Å². The molecule has 1 aliphatic carbocycles. The van der Waals surface area contributed by atoms with Gasteiger partial charge in [0.25, 0.3) is 0 Å². The molecule has 1 aromatic rings. The summed E-state index contributed by atoms with van der Waals surface area (Å²) < 4.78 is 0. The molecule has 0 aromatic heterocycles. The summed E-state index contributed by atoms with van der Waals surface area (Å²) in [6, 6.07) is 8.85. The summed E-state index contributed by atoms with van der Waals surface area (Å²) in [5, 5.41) is 3.49. The lowest BCUT2D eigenvalue weighted by atomic mass is 9.93. The van der Waals surface area contributed by atoms with Crippen molar-refractivity contribution in [3.8, 4) is 0 Å². The van der Waals surface area contributed by atoms with E-state index in [0.29, 0.717) is 12.5 Å². The molecule has 2 rings (SSSR count). The Hall–Kier alpha value is -1.51. The number of carbonyl (C=O) groups excluding carboxylic acids is 1. The van der Waals surface area contributed by atoms with Gasteiger partial charge in [-0.3, -0.25) is 4.79 Å². The van der Waals surface area contributed by atoms with E-state index in [9.17, 15) is 4.79 Å². The van der Waals surface area contributed by atoms with Gasteiger partial charge in [0.1, 0.15) is 0 Å². The standard InChI is InChI=1S/C14H20N2O/c1-16(2)14(17)10-11-6-8-13(9-7-11)15-12-4-3-5-12/h6-9,12,15H,3-5,10H2,1-2H3. The number of benzene rings is 1. The van der Waals surface area contributed by atoms with Crippen LogP contribution in [0.3, 0.4) is 0 Å². The summed E-state index contributed by atoms with van der Waals surface area (Å²) in [5.41, 5.74) is 2.23. The van der Waals surface area contributed by atoms with Crippen LogP contribution in [-0.2, 0) is 11.2 Å². The Morgan fingerprint density at radius 2 is 1.94 bits per heavy atom. The Balaban J connectivity index is 1.90. The minimum atomic E-state index is 0.143. The van der Waals surface area contributed by atoms with E-state index in [1.54, 1.807) is 19.0 Å². The number of anilines is 1. The predicted molar refractivity (Wildman–Crippen MR) is 70.1 cm³/mol. The Labute approximate surface area is 103 Å². The maximum absolute atomic E-state index is 11.5. The monoisotopic (exact) mass is 232 g/mol. The number of hydrogen-bond acceptors (Lipinski definition) is 2. The number of amides is 1. The predicted octanol–water partition coefficient (Wildman–Crippen LogP) is 2.28. The van der Waals surface area contributed by atoms with Crippen molar-refractivity contribution in [2.45, 2.75) is 31.7 Å². The van der Waals surface area contributed by atoms with Gasteiger partial charge in [0, 0.05) is 25.8 Å². The normalized spacial score (nSPS) is 15.2. The summed E-state index contributed by atoms with van der Waals surface area (Å²) in [6.45, 7) is 0. The van der Waals surface area contributed by atoms with Crippen LogP contribution in [0, 0.1) is 0 Å². The van der Waals surface area contributed by atoms with E-state index in [0.717, 1.165) is 11.3 Å². The largest absolute Gasteiger partial charge is 0.382 e. The zero-order valence-electron chi connectivity index (χ0n) is 10.6. The zero-order chi connectivity index (χ0) is 12.3. The van der Waals surface area contributed by atoms with Crippen molar-refractivity contribution >= 4 is 11.6 Å². The number of likely N-dealkylation sites (N-methyl/N-ethyl adjacent to an activating group) is 1. The molecule has 0 bridgehead atoms. The second kappa shape index (κ2) is 5.21. The van der Waals surface area contributed by atoms with Gasteiger partial charge in [0.15, 0.2) is 0 Å². The molecule has 1 amide bonds. The van der Waals surface area contributed by atoms with Gasteiger partial charge in [-0.2, -0.15) is 0 Å². The van der Waals surface area contributed by atoms with Crippen LogP contribution in [0.1, 0.15) is 24.8 Å². The van der Waals surface area contributed by atoms with Gasteiger partial charge in [-0.25, -0.2) is 0 Å². The van der Waals surface area contributed by atoms with Crippen molar-refractivity contribution in [1.82, 2.24) is 4.90 Å². The van der Waals surface area contributed by atoms with Crippen molar-refractivity contribution < 1.29 is 4.79 Å². The highest BCUT2D eigenvalue weighted by Gasteiger charge is 2.16. The maximum atomic E-state index is 11.5. The second-order valence-electron chi connectivity index (χ2n) is 4.93. The minimum Gasteiger partial charge on any atom is -0.382 e. The van der Waals surface area contributed by atoms with Crippen molar-refractivity contribution in [2.75, 3.05) is 19.4 Å². The average molecular weight is 232 g/mol. The molecule has 1 N–H and O–H groups in total. The van der Waals surface area contributed by atoms with Crippen LogP contribution in [0.15, 0.2) is 24.3 Å². The Morgan fingerprint density at radius 3 is 2.41 bits per heavy atom. The molecule has 92 valence electrons. The minimum absolute atomic E-state index is 0.143. The Morgan fingerprint density at radius 1 is 1.29 bits per heavy atom. The zero-order valence-corrected chi connectivity index (χ0v) is 10.6. The van der Waals surface area contributed by atoms with E-state index in [4.69, 9.17) is 0 Å². The van der Waals surface area contributed by atoms with Crippen molar-refractivity contribution in [3.05, 3.63) is 29.8 Å². The molecule has 1 aliphatic rings. The van der Waals surface area contributed by atoms with Gasteiger partial charge in [0.05, 0.1) is 6.42 Å². The van der Waals surface area contributed by atoms with Gasteiger partial charge in [0.2, 0.25) is 5.91 Å². The average Bonchev–Trinajstić information content (AvgIpc) is 2.25. The van der Waals surface area contributed by atoms with Crippen LogP contribution in [0.5, 0.6) is 0 Å². The number of hydrogen-bond donors (Lipinski definition) is 1. The lowest BCUT2D eigenvalue weighted by Gasteiger charge is -2.27. The second-order valence-corrected chi connectivity index (χ2v) is 4.93. The summed E-state index contributed by atoms with van der Waals surface area (Å²) in [5.74, 6) is 0.143. The van der Waals surface area contributed by atoms with Gasteiger partial charge >= 0.3 is 0 Å². The molecule has 1 saturated carbocycles. The fourth-order valence-corrected chi connectivity index (χ4v) is 1.84. The molecule has 1 fully saturated rings. The lowest BCUT2D eigenvalue weighted by molar-refractivity contribution is -0.127. The highest BCUT2D eigenvalue weighted by atomic mass is 16.2. The molecule has 1 aromatic carbocycles. The molecular weight excluding hydrogens is 212 g/mol. The third-order valence-electron chi connectivity index (χ3n) is 3.28. The topological polar surface area (TPSA) is 32.3 Å². The van der Waals surface area contributed by atoms with Gasteiger partial charge < -0.3 is 10.2 Å². The molecule has 0 unspecified atom stereocenters. The maximum Gasteiger partial charge on any atom is 0.226 e. The first kappa shape index (κ1) is 12.0. The number of rotatable bonds is 4. The molecule has 0 saturated heterocycles. The number of nitrogens with one attached hydrogen (secondary N) is 1. The fourth-order valence-electron chi connectivity index (χ4n) is 1.84. The molecule has 0 atom stereocenters. The SMILES string of the molecule is CN(C)C(=O)Cc1ccc(NC2CCC2)cc1. The molecule has 0 spiro atoms. The van der Waals surface area contributed by atoms with E-state index in [-0.39, 0.29) is 5.91 Å². The molecule has 3 nitrogen and oxygen atoms in total. The highest BCUT2D eigenvalue weighted by Crippen LogP contribution is 2.23. The van der Waals surface area contributed by atoms with E-state index in [1.165, 1.54) is 19.3 Å². The summed E-state index contributed by atoms with van der Waals surface area (Å²) in [4.78, 5) is 13.2. The van der Waals surface area contributed by atoms with Crippen LogP contribution in [0.2, 0.25) is 0 Å². The van der Waals surface area contributed by atoms with Crippen molar-refractivity contribution in [1.29, 1.82) is 0 Å². The lowest BCUT2D eigenvalue weighted by Crippen LogP contribution is -2.27. The third-order valence-corrected chi connectivity index (χ3v) is 3.28. The number of carbonyl (C=O) groups is 1. The Bertz CT molecular complexity index is 380. The van der Waals surface area contributed by atoms with E-state index >= 15 is 0 Å². The summed E-state index contributed by atoms with van der Waals surface area (Å²) in [6.07, 6.45) is 4.38. The quantitative estimate of drug-likeness (QED) is 0.863. The van der Waals surface area contributed by atoms with Crippen molar-refractivity contribution in [2.24, 2.45) is 0 Å². The van der Waals surface area contributed by atoms with E-state index < -0.39 is 0 Å². The third kappa shape index (κ3) is 3.22. The highest BCUT2D eigenvalue weighted by molar-refractivity contribution is 5.78. The van der Waals surface area contributed by atoms with Crippen LogP contribution in [0.25, 0.3) is 0 Å². The van der Waals surface area contributed by atoms with Gasteiger partial charge in [-0.05, 0) is 37.0 Å². The van der Waals surface area contributed by atoms with Crippen LogP contribution < -0.4 is 5.32 Å². The van der Waals surface area contributed by atoms with Gasteiger partial charge in [-0.1, -0.05) is 12.1 Å². The summed E-state index contributed by atoms with van der Waals surface area (Å²) in [7, 11) is 3.57.